The number of amides is 2. The van der Waals surface area contributed by atoms with Gasteiger partial charge in [0, 0.05) is 38.7 Å². The zero-order chi connectivity index (χ0) is 18.1. The van der Waals surface area contributed by atoms with Gasteiger partial charge in [0.25, 0.3) is 5.91 Å². The quantitative estimate of drug-likeness (QED) is 0.856. The third-order valence-corrected chi connectivity index (χ3v) is 6.21. The molecule has 1 heterocycles. The van der Waals surface area contributed by atoms with E-state index in [1.54, 1.807) is 17.9 Å². The van der Waals surface area contributed by atoms with Crippen molar-refractivity contribution in [2.24, 2.45) is 11.7 Å². The molecule has 7 nitrogen and oxygen atoms in total. The summed E-state index contributed by atoms with van der Waals surface area (Å²) in [6.07, 6.45) is 1.08. The second-order valence-electron chi connectivity index (χ2n) is 6.23. The maximum Gasteiger partial charge on any atom is 0.254 e. The van der Waals surface area contributed by atoms with Gasteiger partial charge in [-0.2, -0.15) is 0 Å². The Morgan fingerprint density at radius 2 is 1.79 bits per heavy atom. The van der Waals surface area contributed by atoms with E-state index < -0.39 is 10.0 Å². The molecule has 1 aromatic carbocycles. The number of carbonyl (C=O) groups is 2. The number of hydrogen-bond acceptors (Lipinski definition) is 4. The van der Waals surface area contributed by atoms with Gasteiger partial charge in [-0.3, -0.25) is 9.59 Å². The summed E-state index contributed by atoms with van der Waals surface area (Å²) < 4.78 is 25.6. The fourth-order valence-electron chi connectivity index (χ4n) is 2.74. The van der Waals surface area contributed by atoms with Crippen LogP contribution >= 0.6 is 0 Å². The molecular weight excluding hydrogens is 330 g/mol. The Bertz CT molecular complexity index is 751. The van der Waals surface area contributed by atoms with Gasteiger partial charge in [-0.1, -0.05) is 6.07 Å². The second kappa shape index (κ2) is 6.90. The summed E-state index contributed by atoms with van der Waals surface area (Å²) >= 11 is 0. The molecule has 0 aromatic heterocycles. The zero-order valence-electron chi connectivity index (χ0n) is 14.2. The minimum atomic E-state index is -3.60. The van der Waals surface area contributed by atoms with Crippen LogP contribution in [0.5, 0.6) is 0 Å². The van der Waals surface area contributed by atoms with Crippen molar-refractivity contribution in [2.45, 2.75) is 24.7 Å². The van der Waals surface area contributed by atoms with Crippen molar-refractivity contribution in [1.82, 2.24) is 9.21 Å². The molecule has 24 heavy (non-hydrogen) atoms. The Morgan fingerprint density at radius 3 is 2.29 bits per heavy atom. The highest BCUT2D eigenvalue weighted by Crippen LogP contribution is 2.23. The fraction of sp³-hybridized carbons (Fsp3) is 0.500. The number of carbonyl (C=O) groups excluding carboxylic acids is 2. The van der Waals surface area contributed by atoms with Crippen LogP contribution in [-0.2, 0) is 14.8 Å². The third-order valence-electron chi connectivity index (χ3n) is 4.40. The normalized spacial score (nSPS) is 16.4. The number of piperidine rings is 1. The van der Waals surface area contributed by atoms with Crippen molar-refractivity contribution in [1.29, 1.82) is 0 Å². The van der Waals surface area contributed by atoms with Gasteiger partial charge in [-0.25, -0.2) is 12.7 Å². The summed E-state index contributed by atoms with van der Waals surface area (Å²) in [7, 11) is -0.700. The van der Waals surface area contributed by atoms with E-state index in [1.807, 2.05) is 0 Å². The van der Waals surface area contributed by atoms with Gasteiger partial charge in [-0.15, -0.1) is 0 Å². The van der Waals surface area contributed by atoms with Crippen molar-refractivity contribution >= 4 is 21.8 Å². The molecule has 0 aliphatic carbocycles. The summed E-state index contributed by atoms with van der Waals surface area (Å²) in [4.78, 5) is 25.7. The predicted molar refractivity (Wildman–Crippen MR) is 89.9 cm³/mol. The first-order chi connectivity index (χ1) is 11.1. The highest BCUT2D eigenvalue weighted by Gasteiger charge is 2.28. The minimum absolute atomic E-state index is 0.0912. The molecule has 1 fully saturated rings. The van der Waals surface area contributed by atoms with Crippen LogP contribution in [0, 0.1) is 12.8 Å². The molecule has 2 N–H and O–H groups in total. The van der Waals surface area contributed by atoms with Crippen molar-refractivity contribution in [2.75, 3.05) is 27.2 Å². The molecule has 1 aromatic rings. The number of rotatable bonds is 4. The van der Waals surface area contributed by atoms with Gasteiger partial charge in [0.1, 0.15) is 0 Å². The van der Waals surface area contributed by atoms with Crippen molar-refractivity contribution in [3.05, 3.63) is 29.3 Å². The summed E-state index contributed by atoms with van der Waals surface area (Å²) in [6, 6.07) is 4.56. The van der Waals surface area contributed by atoms with E-state index in [1.165, 1.54) is 26.2 Å². The summed E-state index contributed by atoms with van der Waals surface area (Å²) in [5, 5.41) is 0. The van der Waals surface area contributed by atoms with Crippen LogP contribution in [0.25, 0.3) is 0 Å². The average Bonchev–Trinajstić information content (AvgIpc) is 2.54. The highest BCUT2D eigenvalue weighted by atomic mass is 32.2. The molecule has 0 unspecified atom stereocenters. The SMILES string of the molecule is Cc1ccc(S(=O)(=O)N(C)C)cc1C(=O)N1CCC(C(N)=O)CC1. The maximum absolute atomic E-state index is 12.7. The van der Waals surface area contributed by atoms with Crippen LogP contribution < -0.4 is 5.73 Å². The molecule has 1 aliphatic heterocycles. The lowest BCUT2D eigenvalue weighted by Crippen LogP contribution is -2.42. The van der Waals surface area contributed by atoms with E-state index in [9.17, 15) is 18.0 Å². The lowest BCUT2D eigenvalue weighted by Gasteiger charge is -2.31. The van der Waals surface area contributed by atoms with Crippen LogP contribution in [0.15, 0.2) is 23.1 Å². The second-order valence-corrected chi connectivity index (χ2v) is 8.38. The maximum atomic E-state index is 12.7. The summed E-state index contributed by atoms with van der Waals surface area (Å²) in [5.41, 5.74) is 6.39. The third kappa shape index (κ3) is 3.59. The molecule has 8 heteroatoms. The molecule has 0 radical (unpaired) electrons. The Hall–Kier alpha value is -1.93. The van der Waals surface area contributed by atoms with E-state index in [2.05, 4.69) is 0 Å². The van der Waals surface area contributed by atoms with E-state index in [0.717, 1.165) is 9.87 Å². The number of primary amides is 1. The van der Waals surface area contributed by atoms with Gasteiger partial charge in [0.2, 0.25) is 15.9 Å². The van der Waals surface area contributed by atoms with Crippen molar-refractivity contribution in [3.63, 3.8) is 0 Å². The standard InChI is InChI=1S/C16H23N3O4S/c1-11-4-5-13(24(22,23)18(2)3)10-14(11)16(21)19-8-6-12(7-9-19)15(17)20/h4-5,10,12H,6-9H2,1-3H3,(H2,17,20). The van der Waals surface area contributed by atoms with E-state index >= 15 is 0 Å². The lowest BCUT2D eigenvalue weighted by molar-refractivity contribution is -0.123. The number of nitrogens with two attached hydrogens (primary N) is 1. The Balaban J connectivity index is 2.26. The number of benzene rings is 1. The molecular formula is C16H23N3O4S. The molecule has 1 saturated heterocycles. The van der Waals surface area contributed by atoms with E-state index in [0.29, 0.717) is 31.5 Å². The number of likely N-dealkylation sites (tertiary alicyclic amines) is 1. The number of nitrogens with zero attached hydrogens (tertiary/aromatic N) is 2. The molecule has 2 rings (SSSR count). The van der Waals surface area contributed by atoms with Crippen LogP contribution in [-0.4, -0.2) is 56.6 Å². The highest BCUT2D eigenvalue weighted by molar-refractivity contribution is 7.89. The first-order valence-electron chi connectivity index (χ1n) is 7.76. The number of sulfonamides is 1. The largest absolute Gasteiger partial charge is 0.369 e. The predicted octanol–water partition coefficient (Wildman–Crippen LogP) is 0.583. The van der Waals surface area contributed by atoms with Crippen LogP contribution in [0.2, 0.25) is 0 Å². The molecule has 132 valence electrons. The van der Waals surface area contributed by atoms with Crippen LogP contribution in [0.3, 0.4) is 0 Å². The van der Waals surface area contributed by atoms with E-state index in [4.69, 9.17) is 5.73 Å². The zero-order valence-corrected chi connectivity index (χ0v) is 15.0. The number of aryl methyl sites for hydroxylation is 1. The molecule has 0 spiro atoms. The summed E-state index contributed by atoms with van der Waals surface area (Å²) in [5.74, 6) is -0.751. The topological polar surface area (TPSA) is 101 Å². The molecule has 2 amide bonds. The van der Waals surface area contributed by atoms with Gasteiger partial charge in [0.05, 0.1) is 4.90 Å². The monoisotopic (exact) mass is 353 g/mol. The van der Waals surface area contributed by atoms with E-state index in [-0.39, 0.29) is 22.6 Å². The lowest BCUT2D eigenvalue weighted by atomic mass is 9.95. The van der Waals surface area contributed by atoms with Gasteiger partial charge in [0.15, 0.2) is 0 Å². The van der Waals surface area contributed by atoms with Gasteiger partial charge >= 0.3 is 0 Å². The van der Waals surface area contributed by atoms with Crippen molar-refractivity contribution in [3.8, 4) is 0 Å². The number of hydrogen-bond donors (Lipinski definition) is 1. The van der Waals surface area contributed by atoms with Crippen molar-refractivity contribution < 1.29 is 18.0 Å². The Kier molecular flexibility index (Phi) is 5.29. The van der Waals surface area contributed by atoms with Gasteiger partial charge < -0.3 is 10.6 Å². The summed E-state index contributed by atoms with van der Waals surface area (Å²) in [6.45, 7) is 2.66. The molecule has 0 bridgehead atoms. The Labute approximate surface area is 142 Å². The van der Waals surface area contributed by atoms with Gasteiger partial charge in [-0.05, 0) is 37.5 Å². The average molecular weight is 353 g/mol. The minimum Gasteiger partial charge on any atom is -0.369 e. The molecule has 0 saturated carbocycles. The van der Waals surface area contributed by atoms with Crippen LogP contribution in [0.4, 0.5) is 0 Å². The smallest absolute Gasteiger partial charge is 0.254 e. The first kappa shape index (κ1) is 18.4. The molecule has 0 atom stereocenters. The first-order valence-corrected chi connectivity index (χ1v) is 9.20. The Morgan fingerprint density at radius 1 is 1.21 bits per heavy atom. The van der Waals surface area contributed by atoms with Crippen LogP contribution in [0.1, 0.15) is 28.8 Å². The fourth-order valence-corrected chi connectivity index (χ4v) is 3.67. The molecule has 1 aliphatic rings.